The van der Waals surface area contributed by atoms with Crippen LogP contribution in [0.3, 0.4) is 0 Å². The second kappa shape index (κ2) is 23.3. The monoisotopic (exact) mass is 422 g/mol. The molecule has 0 aliphatic carbocycles. The average molecular weight is 423 g/mol. The molecule has 0 radical (unpaired) electrons. The first kappa shape index (κ1) is 29.7. The molecule has 0 aromatic heterocycles. The van der Waals surface area contributed by atoms with Crippen molar-refractivity contribution in [3.63, 3.8) is 0 Å². The first-order valence-corrected chi connectivity index (χ1v) is 14.0. The van der Waals surface area contributed by atoms with E-state index in [0.717, 1.165) is 24.5 Å². The van der Waals surface area contributed by atoms with E-state index in [2.05, 4.69) is 20.8 Å². The largest absolute Gasteiger partial charge is 0.303 e. The number of unbranched alkanes of at least 4 members (excludes halogenated alkanes) is 13. The number of aldehydes is 1. The van der Waals surface area contributed by atoms with E-state index >= 15 is 0 Å². The lowest BCUT2D eigenvalue weighted by Crippen LogP contribution is -1.97. The van der Waals surface area contributed by atoms with E-state index in [1.165, 1.54) is 128 Å². The molecule has 0 heterocycles. The molecule has 0 saturated carbocycles. The van der Waals surface area contributed by atoms with E-state index in [-0.39, 0.29) is 5.92 Å². The average Bonchev–Trinajstić information content (AvgIpc) is 2.74. The summed E-state index contributed by atoms with van der Waals surface area (Å²) in [5.41, 5.74) is 0. The smallest absolute Gasteiger partial charge is 0.122 e. The maximum absolute atomic E-state index is 10.6. The Labute approximate surface area is 191 Å². The van der Waals surface area contributed by atoms with Crippen LogP contribution in [0, 0.1) is 17.8 Å². The van der Waals surface area contributed by atoms with Gasteiger partial charge in [0.25, 0.3) is 0 Å². The molecule has 180 valence electrons. The van der Waals surface area contributed by atoms with Crippen LogP contribution in [0.5, 0.6) is 0 Å². The molecule has 3 unspecified atom stereocenters. The molecule has 30 heavy (non-hydrogen) atoms. The minimum atomic E-state index is 0.265. The van der Waals surface area contributed by atoms with Crippen LogP contribution < -0.4 is 0 Å². The maximum Gasteiger partial charge on any atom is 0.122 e. The summed E-state index contributed by atoms with van der Waals surface area (Å²) in [6, 6.07) is 0. The second-order valence-corrected chi connectivity index (χ2v) is 10.6. The lowest BCUT2D eigenvalue weighted by atomic mass is 9.93. The third-order valence-corrected chi connectivity index (χ3v) is 7.03. The van der Waals surface area contributed by atoms with Gasteiger partial charge in [-0.2, -0.15) is 0 Å². The van der Waals surface area contributed by atoms with Crippen molar-refractivity contribution in [3.05, 3.63) is 0 Å². The summed E-state index contributed by atoms with van der Waals surface area (Å²) in [4.78, 5) is 10.6. The Hall–Kier alpha value is -0.330. The maximum atomic E-state index is 10.6. The number of rotatable bonds is 24. The van der Waals surface area contributed by atoms with Crippen molar-refractivity contribution in [3.8, 4) is 0 Å². The number of carbonyl (C=O) groups excluding carboxylic acids is 1. The van der Waals surface area contributed by atoms with E-state index in [4.69, 9.17) is 0 Å². The van der Waals surface area contributed by atoms with Gasteiger partial charge in [0.05, 0.1) is 0 Å². The minimum absolute atomic E-state index is 0.265. The Balaban J connectivity index is 3.27. The molecule has 0 N–H and O–H groups in total. The van der Waals surface area contributed by atoms with Crippen molar-refractivity contribution < 1.29 is 4.79 Å². The third kappa shape index (κ3) is 22.4. The quantitative estimate of drug-likeness (QED) is 0.112. The number of hydrogen-bond donors (Lipinski definition) is 0. The van der Waals surface area contributed by atoms with Crippen LogP contribution >= 0.6 is 0 Å². The summed E-state index contributed by atoms with van der Waals surface area (Å²) in [5.74, 6) is 2.15. The Morgan fingerprint density at radius 3 is 1.13 bits per heavy atom. The van der Waals surface area contributed by atoms with Crippen molar-refractivity contribution in [1.29, 1.82) is 0 Å². The summed E-state index contributed by atoms with van der Waals surface area (Å²) >= 11 is 0. The van der Waals surface area contributed by atoms with Crippen LogP contribution in [0.15, 0.2) is 0 Å². The molecule has 3 atom stereocenters. The van der Waals surface area contributed by atoms with Gasteiger partial charge in [-0.1, -0.05) is 156 Å². The van der Waals surface area contributed by atoms with Crippen molar-refractivity contribution in [2.75, 3.05) is 0 Å². The lowest BCUT2D eigenvalue weighted by molar-refractivity contribution is -0.110. The Bertz CT molecular complexity index is 337. The van der Waals surface area contributed by atoms with Gasteiger partial charge in [0.15, 0.2) is 0 Å². The molecule has 0 bridgehead atoms. The topological polar surface area (TPSA) is 17.1 Å². The zero-order valence-electron chi connectivity index (χ0n) is 21.6. The van der Waals surface area contributed by atoms with Crippen molar-refractivity contribution in [1.82, 2.24) is 0 Å². The van der Waals surface area contributed by atoms with Gasteiger partial charge in [0.2, 0.25) is 0 Å². The summed E-state index contributed by atoms with van der Waals surface area (Å²) in [6.07, 6.45) is 30.5. The number of carbonyl (C=O) groups is 1. The molecule has 0 amide bonds. The minimum Gasteiger partial charge on any atom is -0.303 e. The molecule has 0 aromatic rings. The van der Waals surface area contributed by atoms with Crippen LogP contribution in [0.1, 0.15) is 163 Å². The SMILES string of the molecule is CCCCCCC(C)CCCCCC(C)CCCCCCCCCCCC(C)C=O. The van der Waals surface area contributed by atoms with Crippen molar-refractivity contribution >= 4 is 6.29 Å². The molecule has 1 nitrogen and oxygen atoms in total. The van der Waals surface area contributed by atoms with E-state index in [1.54, 1.807) is 0 Å². The summed E-state index contributed by atoms with van der Waals surface area (Å²) in [7, 11) is 0. The standard InChI is InChI=1S/C29H58O/c1-5-6-7-16-21-27(2)23-19-15-20-24-28(3)22-17-13-11-9-8-10-12-14-18-25-29(4)26-30/h26-29H,5-25H2,1-4H3. The molecule has 0 aliphatic rings. The Morgan fingerprint density at radius 1 is 0.467 bits per heavy atom. The second-order valence-electron chi connectivity index (χ2n) is 10.6. The summed E-state index contributed by atoms with van der Waals surface area (Å²) < 4.78 is 0. The fourth-order valence-corrected chi connectivity index (χ4v) is 4.64. The summed E-state index contributed by atoms with van der Waals surface area (Å²) in [6.45, 7) is 9.27. The number of hydrogen-bond acceptors (Lipinski definition) is 1. The van der Waals surface area contributed by atoms with E-state index in [0.29, 0.717) is 0 Å². The van der Waals surface area contributed by atoms with Crippen LogP contribution in [0.4, 0.5) is 0 Å². The molecular weight excluding hydrogens is 364 g/mol. The lowest BCUT2D eigenvalue weighted by Gasteiger charge is -2.13. The zero-order valence-corrected chi connectivity index (χ0v) is 21.6. The first-order chi connectivity index (χ1) is 14.6. The van der Waals surface area contributed by atoms with E-state index in [9.17, 15) is 4.79 Å². The van der Waals surface area contributed by atoms with Crippen LogP contribution in [-0.2, 0) is 4.79 Å². The van der Waals surface area contributed by atoms with Crippen LogP contribution in [0.25, 0.3) is 0 Å². The highest BCUT2D eigenvalue weighted by Gasteiger charge is 2.05. The van der Waals surface area contributed by atoms with Gasteiger partial charge in [-0.05, 0) is 18.3 Å². The zero-order chi connectivity index (χ0) is 22.3. The molecule has 0 aromatic carbocycles. The van der Waals surface area contributed by atoms with E-state index in [1.807, 2.05) is 6.92 Å². The normalized spacial score (nSPS) is 14.5. The Kier molecular flexibility index (Phi) is 23.1. The molecular formula is C29H58O. The highest BCUT2D eigenvalue weighted by Crippen LogP contribution is 2.21. The highest BCUT2D eigenvalue weighted by atomic mass is 16.1. The van der Waals surface area contributed by atoms with Crippen molar-refractivity contribution in [2.24, 2.45) is 17.8 Å². The third-order valence-electron chi connectivity index (χ3n) is 7.03. The predicted molar refractivity (Wildman–Crippen MR) is 136 cm³/mol. The van der Waals surface area contributed by atoms with Gasteiger partial charge >= 0.3 is 0 Å². The van der Waals surface area contributed by atoms with E-state index < -0.39 is 0 Å². The summed E-state index contributed by atoms with van der Waals surface area (Å²) in [5, 5.41) is 0. The fraction of sp³-hybridized carbons (Fsp3) is 0.966. The van der Waals surface area contributed by atoms with Crippen molar-refractivity contribution in [2.45, 2.75) is 163 Å². The van der Waals surface area contributed by atoms with Gasteiger partial charge in [0.1, 0.15) is 6.29 Å². The highest BCUT2D eigenvalue weighted by molar-refractivity contribution is 5.52. The molecule has 0 spiro atoms. The molecule has 0 saturated heterocycles. The first-order valence-electron chi connectivity index (χ1n) is 14.0. The van der Waals surface area contributed by atoms with Gasteiger partial charge in [0, 0.05) is 5.92 Å². The fourth-order valence-electron chi connectivity index (χ4n) is 4.64. The van der Waals surface area contributed by atoms with Gasteiger partial charge in [-0.25, -0.2) is 0 Å². The molecule has 1 heteroatoms. The van der Waals surface area contributed by atoms with Gasteiger partial charge < -0.3 is 4.79 Å². The van der Waals surface area contributed by atoms with Crippen LogP contribution in [0.2, 0.25) is 0 Å². The Morgan fingerprint density at radius 2 is 0.767 bits per heavy atom. The van der Waals surface area contributed by atoms with Crippen LogP contribution in [-0.4, -0.2) is 6.29 Å². The predicted octanol–water partition coefficient (Wildman–Crippen LogP) is 10.3. The molecule has 0 fully saturated rings. The van der Waals surface area contributed by atoms with Gasteiger partial charge in [-0.3, -0.25) is 0 Å². The van der Waals surface area contributed by atoms with Gasteiger partial charge in [-0.15, -0.1) is 0 Å². The molecule has 0 aliphatic heterocycles. The molecule has 0 rings (SSSR count).